The van der Waals surface area contributed by atoms with Gasteiger partial charge in [0.25, 0.3) is 0 Å². The minimum absolute atomic E-state index is 0.575. The molecule has 0 rings (SSSR count). The highest BCUT2D eigenvalue weighted by Crippen LogP contribution is 1.81. The van der Waals surface area contributed by atoms with Crippen molar-refractivity contribution in [3.63, 3.8) is 0 Å². The van der Waals surface area contributed by atoms with Gasteiger partial charge in [0.2, 0.25) is 0 Å². The molecule has 0 fully saturated rings. The van der Waals surface area contributed by atoms with Gasteiger partial charge in [0.15, 0.2) is 0 Å². The maximum absolute atomic E-state index is 10.4. The van der Waals surface area contributed by atoms with Crippen molar-refractivity contribution < 1.29 is 19.1 Å². The van der Waals surface area contributed by atoms with Gasteiger partial charge in [-0.05, 0) is 0 Å². The van der Waals surface area contributed by atoms with Crippen molar-refractivity contribution in [1.29, 1.82) is 0 Å². The van der Waals surface area contributed by atoms with Gasteiger partial charge in [-0.3, -0.25) is 0 Å². The molecule has 0 aromatic carbocycles. The van der Waals surface area contributed by atoms with Crippen LogP contribution in [0.25, 0.3) is 0 Å². The first-order chi connectivity index (χ1) is 5.20. The van der Waals surface area contributed by atoms with Crippen molar-refractivity contribution >= 4 is 12.1 Å². The summed E-state index contributed by atoms with van der Waals surface area (Å²) >= 11 is 0. The van der Waals surface area contributed by atoms with Crippen molar-refractivity contribution in [2.45, 2.75) is 0 Å². The predicted molar refractivity (Wildman–Crippen MR) is 36.7 cm³/mol. The van der Waals surface area contributed by atoms with Crippen molar-refractivity contribution in [3.8, 4) is 0 Å². The first-order valence-corrected chi connectivity index (χ1v) is 2.83. The van der Waals surface area contributed by atoms with Crippen LogP contribution in [0.5, 0.6) is 0 Å². The van der Waals surface area contributed by atoms with Crippen molar-refractivity contribution in [2.24, 2.45) is 0 Å². The number of carbonyl (C=O) groups is 2. The average Bonchev–Trinajstić information content (AvgIpc) is 2.04. The largest absolute Gasteiger partial charge is 0.466 e. The highest BCUT2D eigenvalue weighted by molar-refractivity contribution is 5.81. The van der Waals surface area contributed by atoms with Crippen molar-refractivity contribution in [1.82, 2.24) is 5.32 Å². The molecular formula is C6H9NO4. The zero-order valence-corrected chi connectivity index (χ0v) is 6.29. The molecule has 0 heterocycles. The second-order valence-electron chi connectivity index (χ2n) is 1.48. The summed E-state index contributed by atoms with van der Waals surface area (Å²) in [6.07, 6.45) is 1.31. The summed E-state index contributed by atoms with van der Waals surface area (Å²) in [4.78, 5) is 20.7. The monoisotopic (exact) mass is 159 g/mol. The van der Waals surface area contributed by atoms with E-state index in [0.717, 1.165) is 12.3 Å². The van der Waals surface area contributed by atoms with Gasteiger partial charge in [-0.1, -0.05) is 0 Å². The average molecular weight is 159 g/mol. The smallest absolute Gasteiger partial charge is 0.411 e. The van der Waals surface area contributed by atoms with Crippen molar-refractivity contribution in [3.05, 3.63) is 12.3 Å². The lowest BCUT2D eigenvalue weighted by molar-refractivity contribution is -0.134. The van der Waals surface area contributed by atoms with Gasteiger partial charge >= 0.3 is 12.1 Å². The third-order valence-corrected chi connectivity index (χ3v) is 0.785. The second-order valence-corrected chi connectivity index (χ2v) is 1.48. The Morgan fingerprint density at radius 2 is 2.09 bits per heavy atom. The molecule has 5 heteroatoms. The minimum Gasteiger partial charge on any atom is -0.466 e. The molecule has 0 aromatic heterocycles. The maximum Gasteiger partial charge on any atom is 0.411 e. The lowest BCUT2D eigenvalue weighted by Gasteiger charge is -1.94. The molecule has 0 aromatic rings. The summed E-state index contributed by atoms with van der Waals surface area (Å²) in [6.45, 7) is 0. The standard InChI is InChI=1S/C6H9NO4/c1-7-6(9)11-4-3-5(8)10-2/h3-4H,1-2H3,(H,7,9)/b4-3+. The number of nitrogens with one attached hydrogen (secondary N) is 1. The lowest BCUT2D eigenvalue weighted by atomic mass is 10.6. The van der Waals surface area contributed by atoms with Crippen LogP contribution in [-0.2, 0) is 14.3 Å². The van der Waals surface area contributed by atoms with Gasteiger partial charge in [-0.25, -0.2) is 9.59 Å². The Hall–Kier alpha value is -1.52. The molecule has 11 heavy (non-hydrogen) atoms. The van der Waals surface area contributed by atoms with Crippen LogP contribution in [-0.4, -0.2) is 26.2 Å². The molecule has 1 amide bonds. The summed E-state index contributed by atoms with van der Waals surface area (Å²) in [7, 11) is 2.64. The molecule has 0 aliphatic heterocycles. The number of amides is 1. The highest BCUT2D eigenvalue weighted by Gasteiger charge is 1.94. The third-order valence-electron chi connectivity index (χ3n) is 0.785. The molecule has 0 saturated carbocycles. The van der Waals surface area contributed by atoms with Crippen LogP contribution in [0.2, 0.25) is 0 Å². The summed E-state index contributed by atoms with van der Waals surface area (Å²) in [6, 6.07) is 0. The number of rotatable bonds is 2. The summed E-state index contributed by atoms with van der Waals surface area (Å²) in [5.41, 5.74) is 0. The van der Waals surface area contributed by atoms with Crippen molar-refractivity contribution in [2.75, 3.05) is 14.2 Å². The Morgan fingerprint density at radius 3 is 2.55 bits per heavy atom. The Balaban J connectivity index is 3.60. The number of ether oxygens (including phenoxy) is 2. The van der Waals surface area contributed by atoms with Crippen LogP contribution in [0.3, 0.4) is 0 Å². The highest BCUT2D eigenvalue weighted by atomic mass is 16.5. The van der Waals surface area contributed by atoms with Crippen LogP contribution >= 0.6 is 0 Å². The van der Waals surface area contributed by atoms with E-state index < -0.39 is 12.1 Å². The Kier molecular flexibility index (Phi) is 4.55. The number of esters is 1. The van der Waals surface area contributed by atoms with E-state index in [1.807, 2.05) is 0 Å². The molecule has 62 valence electrons. The topological polar surface area (TPSA) is 64.6 Å². The first kappa shape index (κ1) is 9.48. The van der Waals surface area contributed by atoms with E-state index in [1.165, 1.54) is 14.2 Å². The Bertz CT molecular complexity index is 175. The molecule has 5 nitrogen and oxygen atoms in total. The van der Waals surface area contributed by atoms with Gasteiger partial charge < -0.3 is 14.8 Å². The number of hydrogen-bond acceptors (Lipinski definition) is 4. The Labute approximate surface area is 64.0 Å². The van der Waals surface area contributed by atoms with Gasteiger partial charge in [0.1, 0.15) is 6.26 Å². The normalized spacial score (nSPS) is 9.27. The first-order valence-electron chi connectivity index (χ1n) is 2.83. The Morgan fingerprint density at radius 1 is 1.45 bits per heavy atom. The molecule has 0 spiro atoms. The summed E-state index contributed by atoms with van der Waals surface area (Å²) in [5, 5.41) is 2.19. The van der Waals surface area contributed by atoms with E-state index in [4.69, 9.17) is 0 Å². The van der Waals surface area contributed by atoms with Crippen LogP contribution in [0, 0.1) is 0 Å². The molecule has 0 saturated heterocycles. The third kappa shape index (κ3) is 4.95. The minimum atomic E-state index is -0.634. The second kappa shape index (κ2) is 5.28. The molecule has 0 atom stereocenters. The van der Waals surface area contributed by atoms with E-state index >= 15 is 0 Å². The van der Waals surface area contributed by atoms with Crippen LogP contribution < -0.4 is 5.32 Å². The fourth-order valence-electron chi connectivity index (χ4n) is 0.278. The summed E-state index contributed by atoms with van der Waals surface area (Å²) in [5.74, 6) is -0.575. The van der Waals surface area contributed by atoms with Crippen LogP contribution in [0.4, 0.5) is 4.79 Å². The SMILES string of the molecule is CNC(=O)O/C=C/C(=O)OC. The molecule has 0 bridgehead atoms. The quantitative estimate of drug-likeness (QED) is 0.350. The lowest BCUT2D eigenvalue weighted by Crippen LogP contribution is -2.16. The van der Waals surface area contributed by atoms with E-state index in [2.05, 4.69) is 14.8 Å². The van der Waals surface area contributed by atoms with Crippen LogP contribution in [0.1, 0.15) is 0 Å². The van der Waals surface area contributed by atoms with E-state index in [0.29, 0.717) is 0 Å². The fourth-order valence-corrected chi connectivity index (χ4v) is 0.278. The fraction of sp³-hybridized carbons (Fsp3) is 0.333. The van der Waals surface area contributed by atoms with Gasteiger partial charge in [0.05, 0.1) is 13.2 Å². The number of methoxy groups -OCH3 is 1. The van der Waals surface area contributed by atoms with E-state index in [9.17, 15) is 9.59 Å². The summed E-state index contributed by atoms with van der Waals surface area (Å²) < 4.78 is 8.56. The van der Waals surface area contributed by atoms with Crippen LogP contribution in [0.15, 0.2) is 12.3 Å². The molecule has 0 aliphatic carbocycles. The number of carbonyl (C=O) groups excluding carboxylic acids is 2. The molecule has 0 radical (unpaired) electrons. The molecule has 0 unspecified atom stereocenters. The zero-order chi connectivity index (χ0) is 8.69. The van der Waals surface area contributed by atoms with E-state index in [-0.39, 0.29) is 0 Å². The number of alkyl carbamates (subject to hydrolysis) is 1. The molecule has 1 N–H and O–H groups in total. The zero-order valence-electron chi connectivity index (χ0n) is 6.29. The predicted octanol–water partition coefficient (Wildman–Crippen LogP) is 0.0291. The van der Waals surface area contributed by atoms with Gasteiger partial charge in [-0.2, -0.15) is 0 Å². The molecular weight excluding hydrogens is 150 g/mol. The molecule has 0 aliphatic rings. The number of hydrogen-bond donors (Lipinski definition) is 1. The van der Waals surface area contributed by atoms with E-state index in [1.54, 1.807) is 0 Å². The maximum atomic E-state index is 10.4. The van der Waals surface area contributed by atoms with Gasteiger partial charge in [-0.15, -0.1) is 0 Å². The van der Waals surface area contributed by atoms with Gasteiger partial charge in [0, 0.05) is 7.05 Å².